The molecule has 0 fully saturated rings. The topological polar surface area (TPSA) is 41.5 Å². The van der Waals surface area contributed by atoms with Crippen molar-refractivity contribution in [1.82, 2.24) is 5.32 Å². The lowest BCUT2D eigenvalue weighted by atomic mass is 9.98. The van der Waals surface area contributed by atoms with Crippen LogP contribution in [0.2, 0.25) is 0 Å². The number of hydrogen-bond acceptors (Lipinski definition) is 3. The predicted molar refractivity (Wildman–Crippen MR) is 74.6 cm³/mol. The lowest BCUT2D eigenvalue weighted by molar-refractivity contribution is 0.266. The summed E-state index contributed by atoms with van der Waals surface area (Å²) in [4.78, 5) is 0. The van der Waals surface area contributed by atoms with Gasteiger partial charge < -0.3 is 15.2 Å². The van der Waals surface area contributed by atoms with E-state index in [2.05, 4.69) is 12.2 Å². The summed E-state index contributed by atoms with van der Waals surface area (Å²) in [5.41, 5.74) is 1.28. The Hall–Kier alpha value is -1.48. The Kier molecular flexibility index (Phi) is 6.96. The Labute approximate surface area is 109 Å². The van der Waals surface area contributed by atoms with Crippen LogP contribution in [0.5, 0.6) is 5.75 Å². The van der Waals surface area contributed by atoms with Crippen LogP contribution in [0.15, 0.2) is 42.1 Å². The van der Waals surface area contributed by atoms with Gasteiger partial charge >= 0.3 is 0 Å². The molecule has 1 atom stereocenters. The molecule has 0 spiro atoms. The summed E-state index contributed by atoms with van der Waals surface area (Å²) in [7, 11) is 1.89. The molecule has 0 bridgehead atoms. The van der Waals surface area contributed by atoms with Crippen molar-refractivity contribution < 1.29 is 9.84 Å². The molecule has 0 aliphatic carbocycles. The van der Waals surface area contributed by atoms with Crippen LogP contribution in [0, 0.1) is 5.92 Å². The van der Waals surface area contributed by atoms with Gasteiger partial charge in [-0.15, -0.1) is 0 Å². The van der Waals surface area contributed by atoms with E-state index in [0.29, 0.717) is 12.5 Å². The monoisotopic (exact) mass is 249 g/mol. The van der Waals surface area contributed by atoms with Crippen LogP contribution in [-0.4, -0.2) is 25.4 Å². The zero-order valence-corrected chi connectivity index (χ0v) is 11.2. The SMILES string of the molecule is CNC=C(CCCO)C(C)COc1ccccc1. The van der Waals surface area contributed by atoms with Crippen molar-refractivity contribution >= 4 is 0 Å². The molecular weight excluding hydrogens is 226 g/mol. The Balaban J connectivity index is 2.46. The van der Waals surface area contributed by atoms with E-state index in [1.165, 1.54) is 5.57 Å². The van der Waals surface area contributed by atoms with Crippen LogP contribution in [0.3, 0.4) is 0 Å². The molecule has 0 saturated carbocycles. The Morgan fingerprint density at radius 3 is 2.72 bits per heavy atom. The summed E-state index contributed by atoms with van der Waals surface area (Å²) < 4.78 is 5.74. The van der Waals surface area contributed by atoms with E-state index in [0.717, 1.165) is 18.6 Å². The zero-order chi connectivity index (χ0) is 13.2. The molecule has 100 valence electrons. The first kappa shape index (κ1) is 14.6. The standard InChI is InChI=1S/C15H23NO2/c1-13(14(11-16-2)7-6-10-17)12-18-15-8-4-3-5-9-15/h3-5,8-9,11,13,16-17H,6-7,10,12H2,1-2H3. The highest BCUT2D eigenvalue weighted by Crippen LogP contribution is 2.18. The van der Waals surface area contributed by atoms with Crippen molar-refractivity contribution in [2.24, 2.45) is 5.92 Å². The number of para-hydroxylation sites is 1. The first-order chi connectivity index (χ1) is 8.77. The van der Waals surface area contributed by atoms with Gasteiger partial charge in [-0.25, -0.2) is 0 Å². The first-order valence-corrected chi connectivity index (χ1v) is 6.42. The lowest BCUT2D eigenvalue weighted by Gasteiger charge is -2.17. The van der Waals surface area contributed by atoms with Gasteiger partial charge in [0.25, 0.3) is 0 Å². The molecule has 0 heterocycles. The van der Waals surface area contributed by atoms with Crippen molar-refractivity contribution in [2.45, 2.75) is 19.8 Å². The maximum Gasteiger partial charge on any atom is 0.119 e. The molecule has 3 heteroatoms. The molecule has 1 aromatic carbocycles. The van der Waals surface area contributed by atoms with Crippen molar-refractivity contribution in [2.75, 3.05) is 20.3 Å². The Morgan fingerprint density at radius 2 is 2.11 bits per heavy atom. The third-order valence-electron chi connectivity index (χ3n) is 2.83. The molecule has 0 saturated heterocycles. The van der Waals surface area contributed by atoms with Crippen LogP contribution in [0.4, 0.5) is 0 Å². The van der Waals surface area contributed by atoms with E-state index in [-0.39, 0.29) is 6.61 Å². The maximum atomic E-state index is 8.89. The predicted octanol–water partition coefficient (Wildman–Crippen LogP) is 2.58. The fourth-order valence-corrected chi connectivity index (χ4v) is 1.77. The van der Waals surface area contributed by atoms with Crippen LogP contribution in [-0.2, 0) is 0 Å². The number of nitrogens with one attached hydrogen (secondary N) is 1. The third-order valence-corrected chi connectivity index (χ3v) is 2.83. The normalized spacial score (nSPS) is 13.2. The smallest absolute Gasteiger partial charge is 0.119 e. The summed E-state index contributed by atoms with van der Waals surface area (Å²) in [6.45, 7) is 3.03. The molecule has 0 aromatic heterocycles. The van der Waals surface area contributed by atoms with Crippen molar-refractivity contribution in [3.63, 3.8) is 0 Å². The second-order valence-electron chi connectivity index (χ2n) is 4.36. The van der Waals surface area contributed by atoms with Gasteiger partial charge in [-0.05, 0) is 36.7 Å². The van der Waals surface area contributed by atoms with Gasteiger partial charge in [0.15, 0.2) is 0 Å². The molecule has 1 aromatic rings. The molecule has 0 aliphatic rings. The second kappa shape index (κ2) is 8.59. The first-order valence-electron chi connectivity index (χ1n) is 6.42. The lowest BCUT2D eigenvalue weighted by Crippen LogP contribution is -2.13. The number of hydrogen-bond donors (Lipinski definition) is 2. The second-order valence-corrected chi connectivity index (χ2v) is 4.36. The minimum atomic E-state index is 0.229. The summed E-state index contributed by atoms with van der Waals surface area (Å²) in [6, 6.07) is 9.83. The van der Waals surface area contributed by atoms with Crippen molar-refractivity contribution in [3.8, 4) is 5.75 Å². The van der Waals surface area contributed by atoms with Gasteiger partial charge in [0.1, 0.15) is 5.75 Å². The van der Waals surface area contributed by atoms with Crippen LogP contribution in [0.25, 0.3) is 0 Å². The van der Waals surface area contributed by atoms with E-state index in [9.17, 15) is 0 Å². The summed E-state index contributed by atoms with van der Waals surface area (Å²) in [5, 5.41) is 12.0. The highest BCUT2D eigenvalue weighted by molar-refractivity contribution is 5.21. The van der Waals surface area contributed by atoms with Crippen LogP contribution in [0.1, 0.15) is 19.8 Å². The highest BCUT2D eigenvalue weighted by Gasteiger charge is 2.09. The minimum Gasteiger partial charge on any atom is -0.493 e. The van der Waals surface area contributed by atoms with E-state index >= 15 is 0 Å². The molecule has 1 rings (SSSR count). The van der Waals surface area contributed by atoms with Gasteiger partial charge in [-0.2, -0.15) is 0 Å². The maximum absolute atomic E-state index is 8.89. The van der Waals surface area contributed by atoms with Gasteiger partial charge in [0.2, 0.25) is 0 Å². The van der Waals surface area contributed by atoms with E-state index in [4.69, 9.17) is 9.84 Å². The average Bonchev–Trinajstić information content (AvgIpc) is 2.42. The molecular formula is C15H23NO2. The van der Waals surface area contributed by atoms with E-state index in [1.54, 1.807) is 0 Å². The van der Waals surface area contributed by atoms with E-state index < -0.39 is 0 Å². The highest BCUT2D eigenvalue weighted by atomic mass is 16.5. The van der Waals surface area contributed by atoms with Gasteiger partial charge in [0, 0.05) is 19.6 Å². The van der Waals surface area contributed by atoms with Crippen molar-refractivity contribution in [1.29, 1.82) is 0 Å². The number of ether oxygens (including phenoxy) is 1. The Morgan fingerprint density at radius 1 is 1.39 bits per heavy atom. The molecule has 0 aliphatic heterocycles. The summed E-state index contributed by atoms with van der Waals surface area (Å²) >= 11 is 0. The molecule has 1 unspecified atom stereocenters. The Bertz CT molecular complexity index is 349. The van der Waals surface area contributed by atoms with Crippen LogP contribution < -0.4 is 10.1 Å². The number of aliphatic hydroxyl groups is 1. The van der Waals surface area contributed by atoms with Gasteiger partial charge in [-0.1, -0.05) is 25.1 Å². The van der Waals surface area contributed by atoms with Crippen molar-refractivity contribution in [3.05, 3.63) is 42.1 Å². The number of benzene rings is 1. The number of rotatable bonds is 8. The zero-order valence-electron chi connectivity index (χ0n) is 11.2. The van der Waals surface area contributed by atoms with Crippen LogP contribution >= 0.6 is 0 Å². The summed E-state index contributed by atoms with van der Waals surface area (Å²) in [5.74, 6) is 1.24. The molecule has 18 heavy (non-hydrogen) atoms. The van der Waals surface area contributed by atoms with E-state index in [1.807, 2.05) is 43.6 Å². The minimum absolute atomic E-state index is 0.229. The molecule has 0 radical (unpaired) electrons. The van der Waals surface area contributed by atoms with Gasteiger partial charge in [0.05, 0.1) is 6.61 Å². The summed E-state index contributed by atoms with van der Waals surface area (Å²) in [6.07, 6.45) is 3.70. The average molecular weight is 249 g/mol. The largest absolute Gasteiger partial charge is 0.493 e. The van der Waals surface area contributed by atoms with Gasteiger partial charge in [-0.3, -0.25) is 0 Å². The number of aliphatic hydroxyl groups excluding tert-OH is 1. The molecule has 2 N–H and O–H groups in total. The molecule has 0 amide bonds. The fraction of sp³-hybridized carbons (Fsp3) is 0.467. The quantitative estimate of drug-likeness (QED) is 0.744. The third kappa shape index (κ3) is 5.23. The fourth-order valence-electron chi connectivity index (χ4n) is 1.77. The molecule has 3 nitrogen and oxygen atoms in total.